The van der Waals surface area contributed by atoms with Gasteiger partial charge in [0.05, 0.1) is 13.0 Å². The van der Waals surface area contributed by atoms with Gasteiger partial charge in [0, 0.05) is 19.2 Å². The molecule has 0 aromatic heterocycles. The molecule has 0 aliphatic carbocycles. The molecule has 0 N–H and O–H groups in total. The molecular formula is C21H32N2O3. The summed E-state index contributed by atoms with van der Waals surface area (Å²) in [5, 5.41) is 0. The molecule has 1 rings (SSSR count). The normalized spacial score (nSPS) is 12.3. The van der Waals surface area contributed by atoms with Crippen LogP contribution in [0.15, 0.2) is 36.4 Å². The quantitative estimate of drug-likeness (QED) is 0.449. The largest absolute Gasteiger partial charge is 0.469 e. The minimum absolute atomic E-state index is 0.0795. The van der Waals surface area contributed by atoms with Crippen molar-refractivity contribution in [3.8, 4) is 0 Å². The zero-order valence-corrected chi connectivity index (χ0v) is 16.5. The number of ether oxygens (including phenoxy) is 1. The van der Waals surface area contributed by atoms with Gasteiger partial charge in [0.1, 0.15) is 0 Å². The highest BCUT2D eigenvalue weighted by molar-refractivity contribution is 5.92. The number of rotatable bonds is 11. The highest BCUT2D eigenvalue weighted by atomic mass is 16.5. The maximum atomic E-state index is 12.7. The first kappa shape index (κ1) is 21.9. The molecule has 0 fully saturated rings. The number of amides is 1. The predicted octanol–water partition coefficient (Wildman–Crippen LogP) is 3.07. The average molecular weight is 360 g/mol. The molecule has 0 radical (unpaired) electrons. The Morgan fingerprint density at radius 3 is 2.35 bits per heavy atom. The Kier molecular flexibility index (Phi) is 10.3. The van der Waals surface area contributed by atoms with Gasteiger partial charge in [0.2, 0.25) is 5.91 Å². The summed E-state index contributed by atoms with van der Waals surface area (Å²) in [6.07, 6.45) is 4.26. The highest BCUT2D eigenvalue weighted by Gasteiger charge is 2.20. The number of benzene rings is 1. The lowest BCUT2D eigenvalue weighted by atomic mass is 10.1. The van der Waals surface area contributed by atoms with E-state index in [1.165, 1.54) is 7.11 Å². The zero-order chi connectivity index (χ0) is 19.4. The molecule has 144 valence electrons. The van der Waals surface area contributed by atoms with Crippen LogP contribution in [0.2, 0.25) is 0 Å². The Bertz CT molecular complexity index is 568. The number of esters is 1. The van der Waals surface area contributed by atoms with Gasteiger partial charge in [-0.3, -0.25) is 9.59 Å². The van der Waals surface area contributed by atoms with Crippen molar-refractivity contribution in [2.75, 3.05) is 39.8 Å². The van der Waals surface area contributed by atoms with Crippen molar-refractivity contribution in [2.24, 2.45) is 5.92 Å². The van der Waals surface area contributed by atoms with Crippen molar-refractivity contribution in [2.45, 2.75) is 27.2 Å². The van der Waals surface area contributed by atoms with E-state index in [-0.39, 0.29) is 17.8 Å². The van der Waals surface area contributed by atoms with Crippen molar-refractivity contribution in [3.05, 3.63) is 42.0 Å². The molecule has 1 aromatic carbocycles. The Hall–Kier alpha value is -2.14. The number of carbonyl (C=O) groups is 2. The van der Waals surface area contributed by atoms with Gasteiger partial charge in [0.15, 0.2) is 0 Å². The van der Waals surface area contributed by atoms with E-state index < -0.39 is 0 Å². The van der Waals surface area contributed by atoms with Gasteiger partial charge in [0.25, 0.3) is 0 Å². The number of carbonyl (C=O) groups excluding carboxylic acids is 2. The van der Waals surface area contributed by atoms with Gasteiger partial charge < -0.3 is 14.5 Å². The number of hydrogen-bond acceptors (Lipinski definition) is 4. The van der Waals surface area contributed by atoms with Crippen LogP contribution >= 0.6 is 0 Å². The molecule has 1 atom stereocenters. The van der Waals surface area contributed by atoms with Crippen molar-refractivity contribution >= 4 is 18.0 Å². The second kappa shape index (κ2) is 12.3. The maximum absolute atomic E-state index is 12.7. The first-order valence-corrected chi connectivity index (χ1v) is 9.34. The highest BCUT2D eigenvalue weighted by Crippen LogP contribution is 2.07. The average Bonchev–Trinajstić information content (AvgIpc) is 2.68. The topological polar surface area (TPSA) is 49.9 Å². The molecule has 1 aromatic rings. The lowest BCUT2D eigenvalue weighted by molar-refractivity contribution is -0.146. The Labute approximate surface area is 157 Å². The van der Waals surface area contributed by atoms with E-state index in [1.807, 2.05) is 36.4 Å². The van der Waals surface area contributed by atoms with Crippen LogP contribution in [0.4, 0.5) is 0 Å². The fourth-order valence-corrected chi connectivity index (χ4v) is 2.76. The van der Waals surface area contributed by atoms with E-state index >= 15 is 0 Å². The molecule has 26 heavy (non-hydrogen) atoms. The van der Waals surface area contributed by atoms with E-state index in [1.54, 1.807) is 17.9 Å². The van der Waals surface area contributed by atoms with Crippen LogP contribution in [-0.2, 0) is 14.3 Å². The minimum atomic E-state index is -0.345. The van der Waals surface area contributed by atoms with Crippen LogP contribution in [0.5, 0.6) is 0 Å². The third kappa shape index (κ3) is 7.83. The molecule has 0 saturated carbocycles. The van der Waals surface area contributed by atoms with E-state index in [4.69, 9.17) is 4.74 Å². The van der Waals surface area contributed by atoms with E-state index in [2.05, 4.69) is 18.7 Å². The van der Waals surface area contributed by atoms with E-state index in [0.717, 1.165) is 31.6 Å². The van der Waals surface area contributed by atoms with Crippen LogP contribution in [0.3, 0.4) is 0 Å². The fraction of sp³-hybridized carbons (Fsp3) is 0.524. The lowest BCUT2D eigenvalue weighted by Gasteiger charge is -2.25. The molecule has 1 unspecified atom stereocenters. The standard InChI is InChI=1S/C21H32N2O3/c1-5-22(6-2)15-10-16-23(17-18(3)21(25)26-4)20(24)14-13-19-11-8-7-9-12-19/h7-9,11-14,18H,5-6,10,15-17H2,1-4H3/b14-13+. The SMILES string of the molecule is CCN(CC)CCCN(CC(C)C(=O)OC)C(=O)/C=C/c1ccccc1. The molecule has 0 aliphatic rings. The Morgan fingerprint density at radius 2 is 1.77 bits per heavy atom. The maximum Gasteiger partial charge on any atom is 0.310 e. The lowest BCUT2D eigenvalue weighted by Crippen LogP contribution is -2.38. The molecule has 5 heteroatoms. The molecule has 0 aliphatic heterocycles. The second-order valence-corrected chi connectivity index (χ2v) is 6.33. The summed E-state index contributed by atoms with van der Waals surface area (Å²) in [7, 11) is 1.38. The summed E-state index contributed by atoms with van der Waals surface area (Å²) in [6, 6.07) is 9.71. The summed E-state index contributed by atoms with van der Waals surface area (Å²) >= 11 is 0. The Morgan fingerprint density at radius 1 is 1.12 bits per heavy atom. The van der Waals surface area contributed by atoms with Gasteiger partial charge >= 0.3 is 5.97 Å². The summed E-state index contributed by atoms with van der Waals surface area (Å²) in [4.78, 5) is 28.5. The minimum Gasteiger partial charge on any atom is -0.469 e. The van der Waals surface area contributed by atoms with E-state index in [9.17, 15) is 9.59 Å². The molecule has 1 amide bonds. The first-order valence-electron chi connectivity index (χ1n) is 9.34. The third-order valence-corrected chi connectivity index (χ3v) is 4.42. The molecular weight excluding hydrogens is 328 g/mol. The molecule has 0 heterocycles. The summed E-state index contributed by atoms with van der Waals surface area (Å²) in [5.41, 5.74) is 0.977. The van der Waals surface area contributed by atoms with Gasteiger partial charge in [-0.2, -0.15) is 0 Å². The predicted molar refractivity (Wildman–Crippen MR) is 106 cm³/mol. The van der Waals surface area contributed by atoms with Crippen LogP contribution in [-0.4, -0.2) is 61.5 Å². The van der Waals surface area contributed by atoms with Crippen LogP contribution in [0, 0.1) is 5.92 Å². The Balaban J connectivity index is 2.73. The summed E-state index contributed by atoms with van der Waals surface area (Å²) in [5.74, 6) is -0.717. The number of nitrogens with zero attached hydrogens (tertiary/aromatic N) is 2. The number of methoxy groups -OCH3 is 1. The third-order valence-electron chi connectivity index (χ3n) is 4.42. The van der Waals surface area contributed by atoms with E-state index in [0.29, 0.717) is 13.1 Å². The molecule has 0 saturated heterocycles. The van der Waals surface area contributed by atoms with Crippen molar-refractivity contribution in [3.63, 3.8) is 0 Å². The molecule has 5 nitrogen and oxygen atoms in total. The van der Waals surface area contributed by atoms with Crippen molar-refractivity contribution in [1.82, 2.24) is 9.80 Å². The van der Waals surface area contributed by atoms with Crippen LogP contribution < -0.4 is 0 Å². The van der Waals surface area contributed by atoms with Crippen molar-refractivity contribution < 1.29 is 14.3 Å². The monoisotopic (exact) mass is 360 g/mol. The summed E-state index contributed by atoms with van der Waals surface area (Å²) in [6.45, 7) is 9.97. The van der Waals surface area contributed by atoms with Gasteiger partial charge in [-0.1, -0.05) is 51.1 Å². The fourth-order valence-electron chi connectivity index (χ4n) is 2.76. The van der Waals surface area contributed by atoms with Gasteiger partial charge in [-0.05, 0) is 37.7 Å². The molecule has 0 bridgehead atoms. The number of hydrogen-bond donors (Lipinski definition) is 0. The van der Waals surface area contributed by atoms with Crippen molar-refractivity contribution in [1.29, 1.82) is 0 Å². The smallest absolute Gasteiger partial charge is 0.310 e. The van der Waals surface area contributed by atoms with Gasteiger partial charge in [-0.15, -0.1) is 0 Å². The second-order valence-electron chi connectivity index (χ2n) is 6.33. The van der Waals surface area contributed by atoms with Gasteiger partial charge in [-0.25, -0.2) is 0 Å². The zero-order valence-electron chi connectivity index (χ0n) is 16.5. The van der Waals surface area contributed by atoms with Crippen LogP contribution in [0.1, 0.15) is 32.8 Å². The van der Waals surface area contributed by atoms with Crippen LogP contribution in [0.25, 0.3) is 6.08 Å². The summed E-state index contributed by atoms with van der Waals surface area (Å²) < 4.78 is 4.80. The first-order chi connectivity index (χ1) is 12.5. The molecule has 0 spiro atoms.